The van der Waals surface area contributed by atoms with Gasteiger partial charge in [-0.3, -0.25) is 0 Å². The fourth-order valence-electron chi connectivity index (χ4n) is 4.82. The molecule has 0 atom stereocenters. The average Bonchev–Trinajstić information content (AvgIpc) is 3.70. The summed E-state index contributed by atoms with van der Waals surface area (Å²) in [5, 5.41) is 9.15. The quantitative estimate of drug-likeness (QED) is 0.345. The summed E-state index contributed by atoms with van der Waals surface area (Å²) >= 11 is 0. The van der Waals surface area contributed by atoms with Gasteiger partial charge in [-0.05, 0) is 48.7 Å². The van der Waals surface area contributed by atoms with Gasteiger partial charge in [0.1, 0.15) is 12.7 Å². The number of aryl methyl sites for hydroxylation is 1. The van der Waals surface area contributed by atoms with Gasteiger partial charge in [0.05, 0.1) is 6.33 Å². The number of imidazole rings is 1. The lowest BCUT2D eigenvalue weighted by Crippen LogP contribution is -2.11. The second-order valence-electron chi connectivity index (χ2n) is 9.03. The van der Waals surface area contributed by atoms with Gasteiger partial charge >= 0.3 is 0 Å². The molecule has 1 aromatic carbocycles. The minimum Gasteiger partial charge on any atom is -0.306 e. The second kappa shape index (κ2) is 9.61. The lowest BCUT2D eigenvalue weighted by Gasteiger charge is -2.21. The Bertz CT molecular complexity index is 1360. The van der Waals surface area contributed by atoms with Gasteiger partial charge in [0.25, 0.3) is 0 Å². The maximum absolute atomic E-state index is 4.99. The number of nitrogens with zero attached hydrogens (tertiary/aromatic N) is 9. The van der Waals surface area contributed by atoms with Crippen LogP contribution in [-0.2, 0) is 6.54 Å². The summed E-state index contributed by atoms with van der Waals surface area (Å²) in [6.07, 6.45) is 18.2. The monoisotopic (exact) mass is 465 g/mol. The maximum atomic E-state index is 4.99. The topological polar surface area (TPSA) is 92.1 Å². The van der Waals surface area contributed by atoms with E-state index >= 15 is 0 Å². The van der Waals surface area contributed by atoms with Crippen molar-refractivity contribution in [2.75, 3.05) is 0 Å². The molecule has 0 aliphatic heterocycles. The summed E-state index contributed by atoms with van der Waals surface area (Å²) in [6, 6.07) is 12.3. The molecule has 9 nitrogen and oxygen atoms in total. The average molecular weight is 466 g/mol. The molecule has 0 radical (unpaired) electrons. The molecule has 1 saturated carbocycles. The van der Waals surface area contributed by atoms with Crippen LogP contribution in [0, 0.1) is 5.92 Å². The highest BCUT2D eigenvalue weighted by molar-refractivity contribution is 5.63. The van der Waals surface area contributed by atoms with Gasteiger partial charge in [-0.15, -0.1) is 0 Å². The zero-order valence-corrected chi connectivity index (χ0v) is 19.5. The number of hydrogen-bond acceptors (Lipinski definition) is 6. The molecule has 6 rings (SSSR count). The van der Waals surface area contributed by atoms with Gasteiger partial charge in [-0.2, -0.15) is 10.2 Å². The normalized spacial score (nSPS) is 14.4. The van der Waals surface area contributed by atoms with Crippen molar-refractivity contribution in [3.05, 3.63) is 74.0 Å². The lowest BCUT2D eigenvalue weighted by molar-refractivity contribution is 0.319. The third-order valence-corrected chi connectivity index (χ3v) is 6.73. The molecule has 0 spiro atoms. The number of benzene rings is 1. The van der Waals surface area contributed by atoms with E-state index in [0.717, 1.165) is 41.5 Å². The first kappa shape index (κ1) is 21.4. The highest BCUT2D eigenvalue weighted by atomic mass is 15.4. The van der Waals surface area contributed by atoms with Crippen LogP contribution in [0.5, 0.6) is 0 Å². The highest BCUT2D eigenvalue weighted by Gasteiger charge is 2.18. The predicted molar refractivity (Wildman–Crippen MR) is 132 cm³/mol. The van der Waals surface area contributed by atoms with Gasteiger partial charge in [-0.25, -0.2) is 29.3 Å². The zero-order valence-electron chi connectivity index (χ0n) is 19.5. The van der Waals surface area contributed by atoms with Gasteiger partial charge in [0.2, 0.25) is 0 Å². The summed E-state index contributed by atoms with van der Waals surface area (Å²) in [4.78, 5) is 17.6. The lowest BCUT2D eigenvalue weighted by atomic mass is 9.87. The third-order valence-electron chi connectivity index (χ3n) is 6.73. The summed E-state index contributed by atoms with van der Waals surface area (Å²) in [7, 11) is 0. The molecule has 176 valence electrons. The molecule has 1 aliphatic carbocycles. The van der Waals surface area contributed by atoms with Gasteiger partial charge in [-0.1, -0.05) is 32.1 Å². The van der Waals surface area contributed by atoms with Crippen LogP contribution in [-0.4, -0.2) is 44.1 Å². The van der Waals surface area contributed by atoms with Crippen LogP contribution in [0.1, 0.15) is 38.5 Å². The molecule has 0 bridgehead atoms. The van der Waals surface area contributed by atoms with Crippen LogP contribution in [0.4, 0.5) is 0 Å². The van der Waals surface area contributed by atoms with Crippen molar-refractivity contribution in [3.8, 4) is 34.3 Å². The summed E-state index contributed by atoms with van der Waals surface area (Å²) < 4.78 is 5.71. The second-order valence-corrected chi connectivity index (χ2v) is 9.03. The molecule has 1 aliphatic rings. The summed E-state index contributed by atoms with van der Waals surface area (Å²) in [5.41, 5.74) is 3.01. The Labute approximate surface area is 203 Å². The minimum atomic E-state index is 0.685. The Kier molecular flexibility index (Phi) is 5.88. The molecule has 1 fully saturated rings. The number of hydrogen-bond donors (Lipinski definition) is 0. The van der Waals surface area contributed by atoms with Crippen molar-refractivity contribution in [1.82, 2.24) is 44.1 Å². The molecule has 0 unspecified atom stereocenters. The first-order valence-electron chi connectivity index (χ1n) is 12.2. The van der Waals surface area contributed by atoms with E-state index in [-0.39, 0.29) is 0 Å². The van der Waals surface area contributed by atoms with E-state index < -0.39 is 0 Å². The van der Waals surface area contributed by atoms with E-state index in [2.05, 4.69) is 49.0 Å². The predicted octanol–water partition coefficient (Wildman–Crippen LogP) is 4.74. The molecule has 0 amide bonds. The fourth-order valence-corrected chi connectivity index (χ4v) is 4.82. The molecule has 5 aromatic rings. The van der Waals surface area contributed by atoms with Crippen molar-refractivity contribution in [3.63, 3.8) is 0 Å². The molecule has 9 heteroatoms. The smallest absolute Gasteiger partial charge is 0.181 e. The molecule has 35 heavy (non-hydrogen) atoms. The van der Waals surface area contributed by atoms with E-state index in [1.165, 1.54) is 38.4 Å². The Balaban J connectivity index is 1.33. The minimum absolute atomic E-state index is 0.685. The van der Waals surface area contributed by atoms with Crippen LogP contribution in [0.25, 0.3) is 34.3 Å². The van der Waals surface area contributed by atoms with Crippen LogP contribution in [0.15, 0.2) is 74.0 Å². The Morgan fingerprint density at radius 2 is 1.77 bits per heavy atom. The van der Waals surface area contributed by atoms with E-state index in [1.54, 1.807) is 29.7 Å². The molecular formula is C26H27N9. The van der Waals surface area contributed by atoms with E-state index in [4.69, 9.17) is 10.1 Å². The third kappa shape index (κ3) is 4.62. The Morgan fingerprint density at radius 3 is 2.54 bits per heavy atom. The zero-order chi connectivity index (χ0) is 23.5. The van der Waals surface area contributed by atoms with Crippen LogP contribution in [0.3, 0.4) is 0 Å². The Morgan fingerprint density at radius 1 is 0.886 bits per heavy atom. The number of pyridine rings is 1. The SMILES string of the molecule is c1cn(-c2ccc(-c3nc(-c4ccnc(-n5cncn5)c4)nn3CCC3CCCCC3)cc2)cn1. The summed E-state index contributed by atoms with van der Waals surface area (Å²) in [6.45, 7) is 0.858. The fraction of sp³-hybridized carbons (Fsp3) is 0.308. The standard InChI is InChI=1S/C26H27N9/c1-2-4-20(5-3-1)11-14-34-26(21-6-8-23(9-7-21)33-15-13-27-18-33)31-25(32-34)22-10-12-29-24(16-22)35-19-28-17-30-35/h6-10,12-13,15-20H,1-5,11,14H2. The number of aromatic nitrogens is 9. The molecule has 0 saturated heterocycles. The molecular weight excluding hydrogens is 438 g/mol. The van der Waals surface area contributed by atoms with Crippen molar-refractivity contribution in [2.24, 2.45) is 5.92 Å². The van der Waals surface area contributed by atoms with Crippen LogP contribution >= 0.6 is 0 Å². The van der Waals surface area contributed by atoms with Crippen molar-refractivity contribution in [2.45, 2.75) is 45.1 Å². The van der Waals surface area contributed by atoms with Crippen molar-refractivity contribution >= 4 is 0 Å². The molecule has 4 aromatic heterocycles. The largest absolute Gasteiger partial charge is 0.306 e. The maximum Gasteiger partial charge on any atom is 0.181 e. The van der Waals surface area contributed by atoms with Gasteiger partial charge in [0.15, 0.2) is 17.5 Å². The van der Waals surface area contributed by atoms with Crippen molar-refractivity contribution in [1.29, 1.82) is 0 Å². The Hall–Kier alpha value is -4.14. The first-order chi connectivity index (χ1) is 17.3. The van der Waals surface area contributed by atoms with Crippen LogP contribution < -0.4 is 0 Å². The van der Waals surface area contributed by atoms with Crippen LogP contribution in [0.2, 0.25) is 0 Å². The first-order valence-corrected chi connectivity index (χ1v) is 12.2. The van der Waals surface area contributed by atoms with E-state index in [1.807, 2.05) is 22.9 Å². The molecule has 4 heterocycles. The van der Waals surface area contributed by atoms with Crippen molar-refractivity contribution < 1.29 is 0 Å². The van der Waals surface area contributed by atoms with E-state index in [9.17, 15) is 0 Å². The molecule has 0 N–H and O–H groups in total. The van der Waals surface area contributed by atoms with Gasteiger partial charge in [0, 0.05) is 41.9 Å². The number of rotatable bonds is 7. The highest BCUT2D eigenvalue weighted by Crippen LogP contribution is 2.29. The van der Waals surface area contributed by atoms with Gasteiger partial charge < -0.3 is 4.57 Å². The van der Waals surface area contributed by atoms with E-state index in [0.29, 0.717) is 11.6 Å². The summed E-state index contributed by atoms with van der Waals surface area (Å²) in [5.74, 6) is 3.02.